The zero-order chi connectivity index (χ0) is 12.3. The lowest BCUT2D eigenvalue weighted by molar-refractivity contribution is 0.0735. The van der Waals surface area contributed by atoms with Crippen LogP contribution in [0.5, 0.6) is 0 Å². The van der Waals surface area contributed by atoms with Crippen molar-refractivity contribution in [2.75, 3.05) is 12.3 Å². The van der Waals surface area contributed by atoms with Crippen LogP contribution in [0, 0.1) is 0 Å². The summed E-state index contributed by atoms with van der Waals surface area (Å²) in [5.74, 6) is 0.426. The van der Waals surface area contributed by atoms with E-state index in [1.54, 1.807) is 18.2 Å². The molecule has 4 nitrogen and oxygen atoms in total. The molecule has 1 aromatic heterocycles. The smallest absolute Gasteiger partial charge is 0.272 e. The number of nitrogen functional groups attached to an aromatic ring is 1. The molecule has 0 atom stereocenters. The number of hydrogen-bond donors (Lipinski definition) is 1. The van der Waals surface area contributed by atoms with Crippen LogP contribution < -0.4 is 5.73 Å². The number of aromatic nitrogens is 1. The first-order chi connectivity index (χ1) is 8.22. The van der Waals surface area contributed by atoms with E-state index in [-0.39, 0.29) is 5.91 Å². The maximum Gasteiger partial charge on any atom is 0.272 e. The fraction of sp³-hybridized carbons (Fsp3) is 0.538. The minimum atomic E-state index is 0.0215. The van der Waals surface area contributed by atoms with E-state index in [0.29, 0.717) is 17.6 Å². The van der Waals surface area contributed by atoms with Gasteiger partial charge in [0.1, 0.15) is 11.5 Å². The molecule has 1 saturated carbocycles. The Morgan fingerprint density at radius 3 is 2.88 bits per heavy atom. The van der Waals surface area contributed by atoms with Crippen LogP contribution in [0.1, 0.15) is 43.1 Å². The van der Waals surface area contributed by atoms with Crippen molar-refractivity contribution in [2.45, 2.75) is 38.6 Å². The fourth-order valence-corrected chi connectivity index (χ4v) is 1.88. The van der Waals surface area contributed by atoms with Crippen molar-refractivity contribution in [1.82, 2.24) is 9.88 Å². The van der Waals surface area contributed by atoms with Gasteiger partial charge in [-0.05, 0) is 31.4 Å². The summed E-state index contributed by atoms with van der Waals surface area (Å²) in [6.07, 6.45) is 4.39. The van der Waals surface area contributed by atoms with Gasteiger partial charge >= 0.3 is 0 Å². The molecule has 0 saturated heterocycles. The topological polar surface area (TPSA) is 59.2 Å². The lowest BCUT2D eigenvalue weighted by Gasteiger charge is -2.21. The average molecular weight is 233 g/mol. The number of unbranched alkanes of at least 4 members (excludes halogenated alkanes) is 1. The molecule has 2 N–H and O–H groups in total. The fourth-order valence-electron chi connectivity index (χ4n) is 1.88. The van der Waals surface area contributed by atoms with E-state index >= 15 is 0 Å². The quantitative estimate of drug-likeness (QED) is 0.847. The van der Waals surface area contributed by atoms with Crippen molar-refractivity contribution in [3.63, 3.8) is 0 Å². The van der Waals surface area contributed by atoms with Crippen LogP contribution in [0.2, 0.25) is 0 Å². The second-order valence-electron chi connectivity index (χ2n) is 4.53. The zero-order valence-corrected chi connectivity index (χ0v) is 10.2. The molecule has 0 spiro atoms. The SMILES string of the molecule is CCCCN(C(=O)c1cccc(N)n1)C1CC1. The Morgan fingerprint density at radius 1 is 1.53 bits per heavy atom. The maximum absolute atomic E-state index is 12.3. The van der Waals surface area contributed by atoms with Crippen molar-refractivity contribution in [3.8, 4) is 0 Å². The molecule has 1 fully saturated rings. The van der Waals surface area contributed by atoms with Crippen LogP contribution in [0.25, 0.3) is 0 Å². The van der Waals surface area contributed by atoms with E-state index in [1.807, 2.05) is 4.90 Å². The number of pyridine rings is 1. The summed E-state index contributed by atoms with van der Waals surface area (Å²) >= 11 is 0. The predicted molar refractivity (Wildman–Crippen MR) is 67.6 cm³/mol. The summed E-state index contributed by atoms with van der Waals surface area (Å²) in [6.45, 7) is 2.96. The van der Waals surface area contributed by atoms with Gasteiger partial charge in [-0.15, -0.1) is 0 Å². The summed E-state index contributed by atoms with van der Waals surface area (Å²) in [5.41, 5.74) is 6.07. The normalized spacial score (nSPS) is 14.6. The molecule has 0 unspecified atom stereocenters. The molecule has 0 bridgehead atoms. The Hall–Kier alpha value is -1.58. The van der Waals surface area contributed by atoms with E-state index in [9.17, 15) is 4.79 Å². The van der Waals surface area contributed by atoms with E-state index in [4.69, 9.17) is 5.73 Å². The number of hydrogen-bond acceptors (Lipinski definition) is 3. The van der Waals surface area contributed by atoms with Gasteiger partial charge in [0.25, 0.3) is 5.91 Å². The number of rotatable bonds is 5. The first kappa shape index (κ1) is 11.9. The molecular weight excluding hydrogens is 214 g/mol. The van der Waals surface area contributed by atoms with E-state index in [0.717, 1.165) is 32.2 Å². The van der Waals surface area contributed by atoms with Gasteiger partial charge in [0.15, 0.2) is 0 Å². The van der Waals surface area contributed by atoms with Gasteiger partial charge < -0.3 is 10.6 Å². The molecule has 2 rings (SSSR count). The van der Waals surface area contributed by atoms with Gasteiger partial charge in [0.2, 0.25) is 0 Å². The van der Waals surface area contributed by atoms with E-state index in [1.165, 1.54) is 0 Å². The third-order valence-electron chi connectivity index (χ3n) is 2.99. The number of anilines is 1. The second kappa shape index (κ2) is 5.17. The van der Waals surface area contributed by atoms with E-state index < -0.39 is 0 Å². The molecule has 0 radical (unpaired) electrons. The van der Waals surface area contributed by atoms with Crippen LogP contribution >= 0.6 is 0 Å². The molecule has 0 aliphatic heterocycles. The Kier molecular flexibility index (Phi) is 3.61. The monoisotopic (exact) mass is 233 g/mol. The highest BCUT2D eigenvalue weighted by Gasteiger charge is 2.32. The lowest BCUT2D eigenvalue weighted by Crippen LogP contribution is -2.34. The minimum absolute atomic E-state index is 0.0215. The number of amides is 1. The zero-order valence-electron chi connectivity index (χ0n) is 10.2. The molecule has 1 heterocycles. The third-order valence-corrected chi connectivity index (χ3v) is 2.99. The summed E-state index contributed by atoms with van der Waals surface area (Å²) in [6, 6.07) is 5.64. The van der Waals surface area contributed by atoms with Crippen molar-refractivity contribution >= 4 is 11.7 Å². The minimum Gasteiger partial charge on any atom is -0.384 e. The summed E-state index contributed by atoms with van der Waals surface area (Å²) in [5, 5.41) is 0. The second-order valence-corrected chi connectivity index (χ2v) is 4.53. The molecule has 0 aromatic carbocycles. The van der Waals surface area contributed by atoms with E-state index in [2.05, 4.69) is 11.9 Å². The maximum atomic E-state index is 12.3. The number of nitrogens with zero attached hydrogens (tertiary/aromatic N) is 2. The van der Waals surface area contributed by atoms with Gasteiger partial charge in [-0.25, -0.2) is 4.98 Å². The Balaban J connectivity index is 2.10. The molecular formula is C13H19N3O. The van der Waals surface area contributed by atoms with Crippen LogP contribution in [-0.4, -0.2) is 28.4 Å². The molecule has 1 aliphatic carbocycles. The number of nitrogens with two attached hydrogens (primary N) is 1. The van der Waals surface area contributed by atoms with Gasteiger partial charge in [-0.2, -0.15) is 0 Å². The first-order valence-electron chi connectivity index (χ1n) is 6.26. The summed E-state index contributed by atoms with van der Waals surface area (Å²) < 4.78 is 0. The molecule has 4 heteroatoms. The van der Waals surface area contributed by atoms with Crippen LogP contribution in [0.3, 0.4) is 0 Å². The van der Waals surface area contributed by atoms with Gasteiger partial charge in [-0.1, -0.05) is 19.4 Å². The number of carbonyl (C=O) groups excluding carboxylic acids is 1. The molecule has 1 amide bonds. The average Bonchev–Trinajstić information content (AvgIpc) is 3.14. The third kappa shape index (κ3) is 2.96. The Labute approximate surface area is 102 Å². The Morgan fingerprint density at radius 2 is 2.29 bits per heavy atom. The summed E-state index contributed by atoms with van der Waals surface area (Å²) in [7, 11) is 0. The standard InChI is InChI=1S/C13H19N3O/c1-2-3-9-16(10-7-8-10)13(17)11-5-4-6-12(14)15-11/h4-6,10H,2-3,7-9H2,1H3,(H2,14,15). The van der Waals surface area contributed by atoms with Crippen LogP contribution in [0.15, 0.2) is 18.2 Å². The van der Waals surface area contributed by atoms with Crippen molar-refractivity contribution in [3.05, 3.63) is 23.9 Å². The number of carbonyl (C=O) groups is 1. The molecule has 17 heavy (non-hydrogen) atoms. The van der Waals surface area contributed by atoms with Crippen molar-refractivity contribution in [2.24, 2.45) is 0 Å². The highest BCUT2D eigenvalue weighted by Crippen LogP contribution is 2.28. The first-order valence-corrected chi connectivity index (χ1v) is 6.26. The predicted octanol–water partition coefficient (Wildman–Crippen LogP) is 2.07. The molecule has 1 aromatic rings. The van der Waals surface area contributed by atoms with Gasteiger partial charge in [0, 0.05) is 12.6 Å². The molecule has 92 valence electrons. The van der Waals surface area contributed by atoms with Gasteiger partial charge in [-0.3, -0.25) is 4.79 Å². The van der Waals surface area contributed by atoms with Crippen LogP contribution in [0.4, 0.5) is 5.82 Å². The largest absolute Gasteiger partial charge is 0.384 e. The van der Waals surface area contributed by atoms with Crippen molar-refractivity contribution < 1.29 is 4.79 Å². The van der Waals surface area contributed by atoms with Crippen molar-refractivity contribution in [1.29, 1.82) is 0 Å². The molecule has 1 aliphatic rings. The summed E-state index contributed by atoms with van der Waals surface area (Å²) in [4.78, 5) is 18.3. The van der Waals surface area contributed by atoms with Crippen LogP contribution in [-0.2, 0) is 0 Å². The Bertz CT molecular complexity index is 401. The highest BCUT2D eigenvalue weighted by atomic mass is 16.2. The van der Waals surface area contributed by atoms with Gasteiger partial charge in [0.05, 0.1) is 0 Å². The highest BCUT2D eigenvalue weighted by molar-refractivity contribution is 5.93. The lowest BCUT2D eigenvalue weighted by atomic mass is 10.2.